The molecule has 1 heterocycles. The van der Waals surface area contributed by atoms with Gasteiger partial charge < -0.3 is 15.6 Å². The molecule has 1 aromatic heterocycles. The molecule has 1 aromatic carbocycles. The zero-order valence-corrected chi connectivity index (χ0v) is 9.07. The van der Waals surface area contributed by atoms with Crippen LogP contribution in [0.4, 0.5) is 5.95 Å². The van der Waals surface area contributed by atoms with Crippen molar-refractivity contribution in [3.05, 3.63) is 24.3 Å². The van der Waals surface area contributed by atoms with Gasteiger partial charge in [-0.2, -0.15) is 0 Å². The van der Waals surface area contributed by atoms with Crippen LogP contribution >= 0.6 is 0 Å². The van der Waals surface area contributed by atoms with Gasteiger partial charge in [-0.15, -0.1) is 0 Å². The second-order valence-corrected chi connectivity index (χ2v) is 3.84. The minimum Gasteiger partial charge on any atom is -0.354 e. The number of aryl methyl sites for hydroxylation is 1. The van der Waals surface area contributed by atoms with Crippen molar-refractivity contribution in [3.8, 4) is 0 Å². The summed E-state index contributed by atoms with van der Waals surface area (Å²) >= 11 is 0. The maximum Gasteiger partial charge on any atom is 0.203 e. The predicted molar refractivity (Wildman–Crippen MR) is 62.9 cm³/mol. The molecule has 0 bridgehead atoms. The highest BCUT2D eigenvalue weighted by atomic mass is 15.2. The molecule has 4 nitrogen and oxygen atoms in total. The van der Waals surface area contributed by atoms with Crippen molar-refractivity contribution < 1.29 is 0 Å². The first-order chi connectivity index (χ1) is 7.18. The second kappa shape index (κ2) is 3.90. The summed E-state index contributed by atoms with van der Waals surface area (Å²) in [5.74, 6) is 0.869. The fraction of sp³-hybridized carbons (Fsp3) is 0.364. The summed E-state index contributed by atoms with van der Waals surface area (Å²) in [4.78, 5) is 4.48. The highest BCUT2D eigenvalue weighted by molar-refractivity contribution is 5.78. The number of imidazole rings is 1. The number of fused-ring (bicyclic) bond motifs is 1. The number of nitrogens with one attached hydrogen (secondary N) is 1. The van der Waals surface area contributed by atoms with E-state index in [0.29, 0.717) is 0 Å². The number of nitrogens with two attached hydrogens (primary N) is 1. The van der Waals surface area contributed by atoms with Crippen LogP contribution in [-0.2, 0) is 7.05 Å². The van der Waals surface area contributed by atoms with Gasteiger partial charge in [0.05, 0.1) is 11.0 Å². The Labute approximate surface area is 89.1 Å². The third kappa shape index (κ3) is 1.94. The van der Waals surface area contributed by atoms with E-state index in [9.17, 15) is 0 Å². The number of hydrogen-bond donors (Lipinski definition) is 2. The van der Waals surface area contributed by atoms with Crippen molar-refractivity contribution >= 4 is 17.0 Å². The summed E-state index contributed by atoms with van der Waals surface area (Å²) in [6.07, 6.45) is 0. The number of hydrogen-bond acceptors (Lipinski definition) is 3. The fourth-order valence-corrected chi connectivity index (χ4v) is 1.56. The van der Waals surface area contributed by atoms with Crippen LogP contribution in [0.3, 0.4) is 0 Å². The summed E-state index contributed by atoms with van der Waals surface area (Å²) in [6.45, 7) is 2.70. The first-order valence-corrected chi connectivity index (χ1v) is 5.09. The molecule has 0 amide bonds. The van der Waals surface area contributed by atoms with Crippen molar-refractivity contribution in [3.63, 3.8) is 0 Å². The Kier molecular flexibility index (Phi) is 2.60. The van der Waals surface area contributed by atoms with E-state index in [0.717, 1.165) is 23.5 Å². The van der Waals surface area contributed by atoms with Gasteiger partial charge in [-0.05, 0) is 19.1 Å². The van der Waals surface area contributed by atoms with E-state index in [2.05, 4.69) is 16.4 Å². The summed E-state index contributed by atoms with van der Waals surface area (Å²) in [6, 6.07) is 8.19. The summed E-state index contributed by atoms with van der Waals surface area (Å²) < 4.78 is 2.04. The van der Waals surface area contributed by atoms with Gasteiger partial charge in [0.25, 0.3) is 0 Å². The average molecular weight is 204 g/mol. The molecule has 3 N–H and O–H groups in total. The molecule has 80 valence electrons. The van der Waals surface area contributed by atoms with E-state index in [1.165, 1.54) is 0 Å². The van der Waals surface area contributed by atoms with Crippen LogP contribution in [0.15, 0.2) is 24.3 Å². The molecule has 0 spiro atoms. The topological polar surface area (TPSA) is 55.9 Å². The third-order valence-corrected chi connectivity index (χ3v) is 2.37. The Morgan fingerprint density at radius 3 is 2.87 bits per heavy atom. The van der Waals surface area contributed by atoms with Crippen LogP contribution in [0.2, 0.25) is 0 Å². The lowest BCUT2D eigenvalue weighted by molar-refractivity contribution is 0.767. The normalized spacial score (nSPS) is 13.0. The van der Waals surface area contributed by atoms with E-state index >= 15 is 0 Å². The average Bonchev–Trinajstić information content (AvgIpc) is 2.54. The summed E-state index contributed by atoms with van der Waals surface area (Å²) in [5, 5.41) is 3.23. The second-order valence-electron chi connectivity index (χ2n) is 3.84. The van der Waals surface area contributed by atoms with Crippen molar-refractivity contribution in [2.24, 2.45) is 12.8 Å². The number of benzene rings is 1. The zero-order chi connectivity index (χ0) is 10.8. The van der Waals surface area contributed by atoms with Crippen LogP contribution in [0.5, 0.6) is 0 Å². The molecule has 0 aliphatic rings. The van der Waals surface area contributed by atoms with Crippen LogP contribution in [0.1, 0.15) is 6.92 Å². The van der Waals surface area contributed by atoms with Gasteiger partial charge in [0.15, 0.2) is 0 Å². The number of rotatable bonds is 3. The van der Waals surface area contributed by atoms with Crippen molar-refractivity contribution in [1.29, 1.82) is 0 Å². The van der Waals surface area contributed by atoms with Gasteiger partial charge in [0.1, 0.15) is 0 Å². The lowest BCUT2D eigenvalue weighted by Crippen LogP contribution is -2.26. The molecule has 2 rings (SSSR count). The fourth-order valence-electron chi connectivity index (χ4n) is 1.56. The number of nitrogens with zero attached hydrogens (tertiary/aromatic N) is 2. The molecule has 2 aromatic rings. The smallest absolute Gasteiger partial charge is 0.203 e. The number of anilines is 1. The molecule has 0 saturated carbocycles. The number of para-hydroxylation sites is 2. The van der Waals surface area contributed by atoms with E-state index < -0.39 is 0 Å². The molecule has 1 unspecified atom stereocenters. The molecule has 0 saturated heterocycles. The monoisotopic (exact) mass is 204 g/mol. The first kappa shape index (κ1) is 9.98. The molecule has 15 heavy (non-hydrogen) atoms. The van der Waals surface area contributed by atoms with Crippen molar-refractivity contribution in [1.82, 2.24) is 9.55 Å². The molecule has 4 heteroatoms. The first-order valence-electron chi connectivity index (χ1n) is 5.09. The van der Waals surface area contributed by atoms with E-state index in [1.807, 2.05) is 36.7 Å². The van der Waals surface area contributed by atoms with Crippen LogP contribution < -0.4 is 11.1 Å². The Hall–Kier alpha value is -1.55. The Morgan fingerprint density at radius 2 is 2.20 bits per heavy atom. The van der Waals surface area contributed by atoms with Crippen molar-refractivity contribution in [2.75, 3.05) is 11.9 Å². The van der Waals surface area contributed by atoms with Crippen molar-refractivity contribution in [2.45, 2.75) is 13.0 Å². The van der Waals surface area contributed by atoms with Gasteiger partial charge in [-0.25, -0.2) is 4.98 Å². The van der Waals surface area contributed by atoms with E-state index in [1.54, 1.807) is 0 Å². The standard InChI is InChI=1S/C11H16N4/c1-8(12)7-13-11-14-9-5-3-4-6-10(9)15(11)2/h3-6,8H,7,12H2,1-2H3,(H,13,14). The number of aromatic nitrogens is 2. The van der Waals surface area contributed by atoms with Crippen LogP contribution in [0, 0.1) is 0 Å². The highest BCUT2D eigenvalue weighted by Crippen LogP contribution is 2.17. The molecule has 0 aliphatic carbocycles. The zero-order valence-electron chi connectivity index (χ0n) is 9.07. The van der Waals surface area contributed by atoms with Crippen LogP contribution in [0.25, 0.3) is 11.0 Å². The highest BCUT2D eigenvalue weighted by Gasteiger charge is 2.06. The Morgan fingerprint density at radius 1 is 1.47 bits per heavy atom. The third-order valence-electron chi connectivity index (χ3n) is 2.37. The molecule has 0 fully saturated rings. The summed E-state index contributed by atoms with van der Waals surface area (Å²) in [7, 11) is 2.00. The Balaban J connectivity index is 2.32. The van der Waals surface area contributed by atoms with Gasteiger partial charge in [0, 0.05) is 19.6 Å². The molecule has 1 atom stereocenters. The minimum absolute atomic E-state index is 0.129. The largest absolute Gasteiger partial charge is 0.354 e. The lowest BCUT2D eigenvalue weighted by atomic mass is 10.3. The van der Waals surface area contributed by atoms with E-state index in [4.69, 9.17) is 5.73 Å². The van der Waals surface area contributed by atoms with Gasteiger partial charge >= 0.3 is 0 Å². The van der Waals surface area contributed by atoms with Gasteiger partial charge in [0.2, 0.25) is 5.95 Å². The van der Waals surface area contributed by atoms with Crippen LogP contribution in [-0.4, -0.2) is 22.1 Å². The lowest BCUT2D eigenvalue weighted by Gasteiger charge is -2.08. The SMILES string of the molecule is CC(N)CNc1nc2ccccc2n1C. The molecule has 0 radical (unpaired) electrons. The minimum atomic E-state index is 0.129. The predicted octanol–water partition coefficient (Wildman–Crippen LogP) is 1.33. The quantitative estimate of drug-likeness (QED) is 0.793. The maximum absolute atomic E-state index is 5.69. The maximum atomic E-state index is 5.69. The molecular weight excluding hydrogens is 188 g/mol. The Bertz CT molecular complexity index is 459. The molecular formula is C11H16N4. The summed E-state index contributed by atoms with van der Waals surface area (Å²) in [5.41, 5.74) is 7.82. The van der Waals surface area contributed by atoms with E-state index in [-0.39, 0.29) is 6.04 Å². The molecule has 0 aliphatic heterocycles. The van der Waals surface area contributed by atoms with Gasteiger partial charge in [-0.1, -0.05) is 12.1 Å². The van der Waals surface area contributed by atoms with Gasteiger partial charge in [-0.3, -0.25) is 0 Å².